The van der Waals surface area contributed by atoms with E-state index in [0.717, 1.165) is 5.56 Å². The predicted octanol–water partition coefficient (Wildman–Crippen LogP) is 2.39. The summed E-state index contributed by atoms with van der Waals surface area (Å²) in [7, 11) is 1.73. The number of aryl methyl sites for hydroxylation is 1. The van der Waals surface area contributed by atoms with Crippen molar-refractivity contribution in [1.29, 1.82) is 0 Å². The standard InChI is InChI=1S/C12H18N2O2/c1-8-6-9(10(13-5)14-7-8)11(15)16-12(2,3)4/h6-7H,1-5H3,(H,13,14). The molecule has 0 aliphatic rings. The van der Waals surface area contributed by atoms with Crippen LogP contribution in [0.3, 0.4) is 0 Å². The summed E-state index contributed by atoms with van der Waals surface area (Å²) in [5.74, 6) is 0.188. The molecule has 0 aromatic carbocycles. The largest absolute Gasteiger partial charge is 0.456 e. The molecule has 0 radical (unpaired) electrons. The lowest BCUT2D eigenvalue weighted by Gasteiger charge is -2.20. The smallest absolute Gasteiger partial charge is 0.342 e. The number of aromatic nitrogens is 1. The van der Waals surface area contributed by atoms with Crippen molar-refractivity contribution in [2.75, 3.05) is 12.4 Å². The molecule has 0 saturated heterocycles. The van der Waals surface area contributed by atoms with Gasteiger partial charge < -0.3 is 10.1 Å². The molecule has 0 unspecified atom stereocenters. The maximum absolute atomic E-state index is 11.9. The highest BCUT2D eigenvalue weighted by Crippen LogP contribution is 2.18. The molecule has 0 saturated carbocycles. The van der Waals surface area contributed by atoms with Gasteiger partial charge in [-0.2, -0.15) is 0 Å². The second-order valence-electron chi connectivity index (χ2n) is 4.66. The van der Waals surface area contributed by atoms with E-state index < -0.39 is 5.60 Å². The van der Waals surface area contributed by atoms with Gasteiger partial charge in [-0.15, -0.1) is 0 Å². The lowest BCUT2D eigenvalue weighted by Crippen LogP contribution is -2.24. The van der Waals surface area contributed by atoms with Gasteiger partial charge in [-0.1, -0.05) is 0 Å². The highest BCUT2D eigenvalue weighted by atomic mass is 16.6. The number of carbonyl (C=O) groups excluding carboxylic acids is 1. The van der Waals surface area contributed by atoms with E-state index in [1.807, 2.05) is 27.7 Å². The monoisotopic (exact) mass is 222 g/mol. The second-order valence-corrected chi connectivity index (χ2v) is 4.66. The summed E-state index contributed by atoms with van der Waals surface area (Å²) in [6, 6.07) is 1.77. The Hall–Kier alpha value is -1.58. The lowest BCUT2D eigenvalue weighted by molar-refractivity contribution is 0.00702. The van der Waals surface area contributed by atoms with Crippen LogP contribution in [0.15, 0.2) is 12.3 Å². The molecule has 4 nitrogen and oxygen atoms in total. The molecular weight excluding hydrogens is 204 g/mol. The maximum Gasteiger partial charge on any atom is 0.342 e. The van der Waals surface area contributed by atoms with E-state index >= 15 is 0 Å². The number of nitrogens with zero attached hydrogens (tertiary/aromatic N) is 1. The number of hydrogen-bond acceptors (Lipinski definition) is 4. The minimum Gasteiger partial charge on any atom is -0.456 e. The van der Waals surface area contributed by atoms with Crippen LogP contribution in [0.1, 0.15) is 36.7 Å². The van der Waals surface area contributed by atoms with E-state index in [9.17, 15) is 4.79 Å². The summed E-state index contributed by atoms with van der Waals surface area (Å²) >= 11 is 0. The van der Waals surface area contributed by atoms with Crippen molar-refractivity contribution in [3.05, 3.63) is 23.4 Å². The third-order valence-corrected chi connectivity index (χ3v) is 1.88. The molecule has 0 bridgehead atoms. The van der Waals surface area contributed by atoms with Gasteiger partial charge in [0.2, 0.25) is 0 Å². The van der Waals surface area contributed by atoms with Crippen LogP contribution in [-0.2, 0) is 4.74 Å². The molecule has 0 spiro atoms. The van der Waals surface area contributed by atoms with E-state index in [-0.39, 0.29) is 5.97 Å². The molecule has 0 fully saturated rings. The molecule has 0 amide bonds. The Morgan fingerprint density at radius 1 is 1.44 bits per heavy atom. The van der Waals surface area contributed by atoms with Crippen molar-refractivity contribution in [2.24, 2.45) is 0 Å². The number of ether oxygens (including phenoxy) is 1. The molecule has 0 aliphatic carbocycles. The minimum absolute atomic E-state index is 0.354. The highest BCUT2D eigenvalue weighted by Gasteiger charge is 2.20. The molecular formula is C12H18N2O2. The number of carbonyl (C=O) groups is 1. The lowest BCUT2D eigenvalue weighted by atomic mass is 10.1. The first-order valence-corrected chi connectivity index (χ1v) is 5.21. The van der Waals surface area contributed by atoms with Crippen molar-refractivity contribution in [3.8, 4) is 0 Å². The summed E-state index contributed by atoms with van der Waals surface area (Å²) in [5, 5.41) is 2.88. The molecule has 1 rings (SSSR count). The van der Waals surface area contributed by atoms with Gasteiger partial charge in [0.05, 0.1) is 0 Å². The summed E-state index contributed by atoms with van der Waals surface area (Å²) in [6.45, 7) is 7.41. The molecule has 1 aromatic heterocycles. The number of nitrogens with one attached hydrogen (secondary N) is 1. The first kappa shape index (κ1) is 12.5. The van der Waals surface area contributed by atoms with Crippen LogP contribution in [0.25, 0.3) is 0 Å². The van der Waals surface area contributed by atoms with E-state index in [1.54, 1.807) is 19.3 Å². The van der Waals surface area contributed by atoms with Gasteiger partial charge in [0.15, 0.2) is 0 Å². The molecule has 4 heteroatoms. The predicted molar refractivity (Wildman–Crippen MR) is 63.7 cm³/mol. The molecule has 16 heavy (non-hydrogen) atoms. The first-order chi connectivity index (χ1) is 7.33. The number of anilines is 1. The van der Waals surface area contributed by atoms with Crippen molar-refractivity contribution < 1.29 is 9.53 Å². The Bertz CT molecular complexity index is 394. The van der Waals surface area contributed by atoms with Crippen LogP contribution in [0.5, 0.6) is 0 Å². The Morgan fingerprint density at radius 2 is 2.06 bits per heavy atom. The zero-order valence-corrected chi connectivity index (χ0v) is 10.4. The van der Waals surface area contributed by atoms with Crippen molar-refractivity contribution in [1.82, 2.24) is 4.98 Å². The van der Waals surface area contributed by atoms with E-state index in [4.69, 9.17) is 4.74 Å². The zero-order chi connectivity index (χ0) is 12.3. The molecule has 0 atom stereocenters. The average molecular weight is 222 g/mol. The summed E-state index contributed by atoms with van der Waals surface area (Å²) < 4.78 is 5.30. The van der Waals surface area contributed by atoms with Crippen LogP contribution in [0.4, 0.5) is 5.82 Å². The number of rotatable bonds is 2. The van der Waals surface area contributed by atoms with Crippen molar-refractivity contribution in [3.63, 3.8) is 0 Å². The SMILES string of the molecule is CNc1ncc(C)cc1C(=O)OC(C)(C)C. The highest BCUT2D eigenvalue weighted by molar-refractivity contribution is 5.95. The van der Waals surface area contributed by atoms with Gasteiger partial charge >= 0.3 is 5.97 Å². The number of esters is 1. The summed E-state index contributed by atoms with van der Waals surface area (Å²) in [5.41, 5.74) is 0.906. The zero-order valence-electron chi connectivity index (χ0n) is 10.4. The number of pyridine rings is 1. The van der Waals surface area contributed by atoms with Crippen molar-refractivity contribution >= 4 is 11.8 Å². The first-order valence-electron chi connectivity index (χ1n) is 5.21. The fourth-order valence-corrected chi connectivity index (χ4v) is 1.26. The second kappa shape index (κ2) is 4.51. The Balaban J connectivity index is 3.02. The van der Waals surface area contributed by atoms with Gasteiger partial charge in [0.1, 0.15) is 17.0 Å². The fraction of sp³-hybridized carbons (Fsp3) is 0.500. The van der Waals surface area contributed by atoms with Crippen LogP contribution >= 0.6 is 0 Å². The van der Waals surface area contributed by atoms with Gasteiger partial charge in [-0.3, -0.25) is 0 Å². The molecule has 1 N–H and O–H groups in total. The summed E-state index contributed by atoms with van der Waals surface area (Å²) in [6.07, 6.45) is 1.71. The van der Waals surface area contributed by atoms with Gasteiger partial charge in [-0.05, 0) is 39.3 Å². The molecule has 1 aromatic rings. The topological polar surface area (TPSA) is 51.2 Å². The van der Waals surface area contributed by atoms with E-state index in [2.05, 4.69) is 10.3 Å². The van der Waals surface area contributed by atoms with Crippen LogP contribution in [0, 0.1) is 6.92 Å². The van der Waals surface area contributed by atoms with Crippen LogP contribution in [-0.4, -0.2) is 23.6 Å². The Morgan fingerprint density at radius 3 is 2.56 bits per heavy atom. The maximum atomic E-state index is 11.9. The Labute approximate surface area is 96.0 Å². The average Bonchev–Trinajstić information content (AvgIpc) is 2.15. The van der Waals surface area contributed by atoms with Gasteiger partial charge in [0.25, 0.3) is 0 Å². The third kappa shape index (κ3) is 3.22. The van der Waals surface area contributed by atoms with Crippen molar-refractivity contribution in [2.45, 2.75) is 33.3 Å². The minimum atomic E-state index is -0.494. The van der Waals surface area contributed by atoms with Gasteiger partial charge in [0, 0.05) is 13.2 Å². The molecule has 1 heterocycles. The van der Waals surface area contributed by atoms with Crippen LogP contribution < -0.4 is 5.32 Å². The van der Waals surface area contributed by atoms with Crippen LogP contribution in [0.2, 0.25) is 0 Å². The third-order valence-electron chi connectivity index (χ3n) is 1.88. The summed E-state index contributed by atoms with van der Waals surface area (Å²) in [4.78, 5) is 16.0. The fourth-order valence-electron chi connectivity index (χ4n) is 1.26. The molecule has 0 aliphatic heterocycles. The quantitative estimate of drug-likeness (QED) is 0.780. The normalized spacial score (nSPS) is 11.1. The van der Waals surface area contributed by atoms with E-state index in [1.165, 1.54) is 0 Å². The van der Waals surface area contributed by atoms with Gasteiger partial charge in [-0.25, -0.2) is 9.78 Å². The molecule has 88 valence electrons. The van der Waals surface area contributed by atoms with E-state index in [0.29, 0.717) is 11.4 Å². The Kier molecular flexibility index (Phi) is 3.52. The number of hydrogen-bond donors (Lipinski definition) is 1.